The number of pyridine rings is 1. The van der Waals surface area contributed by atoms with Gasteiger partial charge in [-0.2, -0.15) is 14.7 Å². The first-order chi connectivity index (χ1) is 14.3. The molecule has 0 radical (unpaired) electrons. The molecule has 11 nitrogen and oxygen atoms in total. The second-order valence-electron chi connectivity index (χ2n) is 6.51. The lowest BCUT2D eigenvalue weighted by Gasteiger charge is -2.24. The largest absolute Gasteiger partial charge is 0.618 e. The third-order valence-electron chi connectivity index (χ3n) is 4.47. The Morgan fingerprint density at radius 3 is 2.83 bits per heavy atom. The van der Waals surface area contributed by atoms with Crippen LogP contribution in [0.1, 0.15) is 23.7 Å². The van der Waals surface area contributed by atoms with Gasteiger partial charge in [0.15, 0.2) is 12.0 Å². The predicted octanol–water partition coefficient (Wildman–Crippen LogP) is 0.772. The zero-order valence-corrected chi connectivity index (χ0v) is 16.4. The monoisotopic (exact) mass is 411 g/mol. The average molecular weight is 411 g/mol. The van der Waals surface area contributed by atoms with Crippen LogP contribution in [0.25, 0.3) is 10.9 Å². The van der Waals surface area contributed by atoms with Crippen molar-refractivity contribution in [2.24, 2.45) is 11.6 Å². The van der Waals surface area contributed by atoms with Gasteiger partial charge >= 0.3 is 0 Å². The molecule has 0 aliphatic heterocycles. The van der Waals surface area contributed by atoms with Crippen LogP contribution in [-0.4, -0.2) is 35.3 Å². The highest BCUT2D eigenvalue weighted by molar-refractivity contribution is 6.01. The number of amides is 1. The number of nitrogens with one attached hydrogen (secondary N) is 1. The van der Waals surface area contributed by atoms with Gasteiger partial charge in [-0.1, -0.05) is 0 Å². The van der Waals surface area contributed by atoms with Gasteiger partial charge in [-0.15, -0.1) is 0 Å². The lowest BCUT2D eigenvalue weighted by molar-refractivity contribution is -0.577. The second kappa shape index (κ2) is 8.57. The van der Waals surface area contributed by atoms with Crippen molar-refractivity contribution >= 4 is 40.5 Å². The normalized spacial score (nSPS) is 11.7. The molecule has 1 amide bonds. The summed E-state index contributed by atoms with van der Waals surface area (Å²) in [6.07, 6.45) is 2.29. The summed E-state index contributed by atoms with van der Waals surface area (Å²) in [6.45, 7) is 1.72. The van der Waals surface area contributed by atoms with Crippen molar-refractivity contribution in [3.63, 3.8) is 0 Å². The SMILES string of the molecule is COc1nc(N(N)[C@H](C)CC=O)nc(Nc2ccc3c(ccc[n+]3[O-])c2)c1C(N)=O. The smallest absolute Gasteiger partial charge is 0.258 e. The third kappa shape index (κ3) is 4.05. The van der Waals surface area contributed by atoms with E-state index in [2.05, 4.69) is 15.3 Å². The van der Waals surface area contributed by atoms with Gasteiger partial charge in [0, 0.05) is 29.6 Å². The second-order valence-corrected chi connectivity index (χ2v) is 6.51. The average Bonchev–Trinajstić information content (AvgIpc) is 2.72. The number of primary amides is 1. The summed E-state index contributed by atoms with van der Waals surface area (Å²) in [7, 11) is 1.33. The Bertz CT molecular complexity index is 1110. The van der Waals surface area contributed by atoms with Gasteiger partial charge in [-0.25, -0.2) is 5.84 Å². The lowest BCUT2D eigenvalue weighted by atomic mass is 10.2. The molecule has 0 unspecified atom stereocenters. The van der Waals surface area contributed by atoms with Crippen molar-refractivity contribution in [1.29, 1.82) is 0 Å². The molecule has 0 saturated carbocycles. The molecule has 2 aromatic heterocycles. The number of ether oxygens (including phenoxy) is 1. The van der Waals surface area contributed by atoms with E-state index >= 15 is 0 Å². The van der Waals surface area contributed by atoms with E-state index in [0.29, 0.717) is 16.6 Å². The fourth-order valence-electron chi connectivity index (χ4n) is 2.86. The Kier molecular flexibility index (Phi) is 5.93. The van der Waals surface area contributed by atoms with Crippen molar-refractivity contribution in [3.8, 4) is 5.88 Å². The molecule has 0 aliphatic carbocycles. The van der Waals surface area contributed by atoms with Gasteiger partial charge in [0.2, 0.25) is 17.3 Å². The van der Waals surface area contributed by atoms with Crippen LogP contribution in [-0.2, 0) is 4.79 Å². The molecule has 1 atom stereocenters. The zero-order valence-electron chi connectivity index (χ0n) is 16.4. The fraction of sp³-hybridized carbons (Fsp3) is 0.211. The first kappa shape index (κ1) is 20.7. The minimum absolute atomic E-state index is 0.0342. The van der Waals surface area contributed by atoms with Crippen LogP contribution in [0.3, 0.4) is 0 Å². The number of anilines is 3. The van der Waals surface area contributed by atoms with Crippen LogP contribution in [0, 0.1) is 5.21 Å². The standard InChI is InChI=1S/C19H21N7O4/c1-11(7-9-27)26(21)19-23-17(15(16(20)28)18(24-19)30-2)22-13-5-6-14-12(10-13)4-3-8-25(14)29/h3-6,8-11H,7,21H2,1-2H3,(H2,20,28)(H,22,23,24)/t11-/m1/s1. The Morgan fingerprint density at radius 2 is 2.17 bits per heavy atom. The number of carbonyl (C=O) groups excluding carboxylic acids is 2. The molecule has 1 aromatic carbocycles. The maximum absolute atomic E-state index is 12.1. The number of benzene rings is 1. The number of aldehydes is 1. The summed E-state index contributed by atoms with van der Waals surface area (Å²) < 4.78 is 5.96. The summed E-state index contributed by atoms with van der Waals surface area (Å²) in [5, 5.41) is 16.8. The van der Waals surface area contributed by atoms with Crippen LogP contribution in [0.4, 0.5) is 17.5 Å². The fourth-order valence-corrected chi connectivity index (χ4v) is 2.86. The van der Waals surface area contributed by atoms with Gasteiger partial charge in [-0.3, -0.25) is 9.80 Å². The number of rotatable bonds is 8. The number of hydrazine groups is 1. The van der Waals surface area contributed by atoms with Gasteiger partial charge < -0.3 is 25.8 Å². The molecule has 0 saturated heterocycles. The number of hydrogen-bond acceptors (Lipinski definition) is 9. The number of nitrogens with two attached hydrogens (primary N) is 2. The lowest BCUT2D eigenvalue weighted by Crippen LogP contribution is -2.41. The Balaban J connectivity index is 2.08. The quantitative estimate of drug-likeness (QED) is 0.160. The van der Waals surface area contributed by atoms with E-state index in [4.69, 9.17) is 16.3 Å². The molecule has 0 aliphatic rings. The molecule has 3 rings (SSSR count). The van der Waals surface area contributed by atoms with Gasteiger partial charge in [0.1, 0.15) is 11.8 Å². The van der Waals surface area contributed by atoms with Crippen LogP contribution >= 0.6 is 0 Å². The van der Waals surface area contributed by atoms with Crippen molar-refractivity contribution in [1.82, 2.24) is 9.97 Å². The van der Waals surface area contributed by atoms with E-state index in [0.717, 1.165) is 11.0 Å². The number of carbonyl (C=O) groups is 2. The highest BCUT2D eigenvalue weighted by atomic mass is 16.5. The van der Waals surface area contributed by atoms with E-state index in [1.54, 1.807) is 37.3 Å². The zero-order chi connectivity index (χ0) is 21.8. The number of aromatic nitrogens is 3. The first-order valence-electron chi connectivity index (χ1n) is 8.98. The van der Waals surface area contributed by atoms with Crippen LogP contribution in [0.5, 0.6) is 5.88 Å². The molecular formula is C19H21N7O4. The molecule has 0 bridgehead atoms. The number of methoxy groups -OCH3 is 1. The summed E-state index contributed by atoms with van der Waals surface area (Å²) in [5.74, 6) is 5.28. The maximum Gasteiger partial charge on any atom is 0.258 e. The molecular weight excluding hydrogens is 390 g/mol. The highest BCUT2D eigenvalue weighted by Crippen LogP contribution is 2.29. The molecule has 11 heteroatoms. The van der Waals surface area contributed by atoms with Crippen LogP contribution < -0.4 is 31.4 Å². The number of hydrogen-bond donors (Lipinski definition) is 3. The maximum atomic E-state index is 12.1. The number of nitrogens with zero attached hydrogens (tertiary/aromatic N) is 4. The molecule has 2 heterocycles. The molecule has 3 aromatic rings. The summed E-state index contributed by atoms with van der Waals surface area (Å²) in [6, 6.07) is 8.02. The molecule has 30 heavy (non-hydrogen) atoms. The third-order valence-corrected chi connectivity index (χ3v) is 4.47. The Hall–Kier alpha value is -3.99. The van der Waals surface area contributed by atoms with Gasteiger partial charge in [0.05, 0.1) is 13.2 Å². The highest BCUT2D eigenvalue weighted by Gasteiger charge is 2.23. The van der Waals surface area contributed by atoms with E-state index in [1.807, 2.05) is 0 Å². The first-order valence-corrected chi connectivity index (χ1v) is 8.98. The van der Waals surface area contributed by atoms with E-state index in [1.165, 1.54) is 18.3 Å². The van der Waals surface area contributed by atoms with E-state index in [9.17, 15) is 14.8 Å². The van der Waals surface area contributed by atoms with Crippen molar-refractivity contribution in [3.05, 3.63) is 47.3 Å². The van der Waals surface area contributed by atoms with Crippen LogP contribution in [0.15, 0.2) is 36.5 Å². The van der Waals surface area contributed by atoms with Crippen LogP contribution in [0.2, 0.25) is 0 Å². The minimum Gasteiger partial charge on any atom is -0.618 e. The van der Waals surface area contributed by atoms with Crippen molar-refractivity contribution < 1.29 is 19.1 Å². The molecule has 156 valence electrons. The minimum atomic E-state index is -0.802. The predicted molar refractivity (Wildman–Crippen MR) is 110 cm³/mol. The summed E-state index contributed by atoms with van der Waals surface area (Å²) >= 11 is 0. The van der Waals surface area contributed by atoms with Crippen molar-refractivity contribution in [2.45, 2.75) is 19.4 Å². The molecule has 5 N–H and O–H groups in total. The molecule has 0 spiro atoms. The molecule has 0 fully saturated rings. The van der Waals surface area contributed by atoms with Gasteiger partial charge in [-0.05, 0) is 25.1 Å². The Morgan fingerprint density at radius 1 is 1.40 bits per heavy atom. The summed E-state index contributed by atoms with van der Waals surface area (Å²) in [5.41, 5.74) is 6.48. The van der Waals surface area contributed by atoms with Gasteiger partial charge in [0.25, 0.3) is 5.91 Å². The Labute approximate surface area is 171 Å². The van der Waals surface area contributed by atoms with Crippen molar-refractivity contribution in [2.75, 3.05) is 17.4 Å². The van der Waals surface area contributed by atoms with E-state index in [-0.39, 0.29) is 29.6 Å². The summed E-state index contributed by atoms with van der Waals surface area (Å²) in [4.78, 5) is 31.3. The van der Waals surface area contributed by atoms with E-state index < -0.39 is 11.9 Å². The number of fused-ring (bicyclic) bond motifs is 1. The topological polar surface area (TPSA) is 163 Å².